The molecule has 5 nitrogen and oxygen atoms in total. The minimum atomic E-state index is 0.0360. The van der Waals surface area contributed by atoms with Crippen LogP contribution in [-0.4, -0.2) is 25.0 Å². The molecule has 0 saturated heterocycles. The molecule has 0 unspecified atom stereocenters. The van der Waals surface area contributed by atoms with E-state index in [0.29, 0.717) is 5.96 Å². The lowest BCUT2D eigenvalue weighted by atomic mass is 10.3. The van der Waals surface area contributed by atoms with Crippen molar-refractivity contribution in [1.82, 2.24) is 5.32 Å². The standard InChI is InChI=1S/C12H21N5S/c1-2-3-7-15-12(17-11(13)14)16-8-6-10-5-4-9-18-10/h4-5,9H,2-3,6-8H2,1H3,(H5,13,14,15,16,17). The molecule has 0 saturated carbocycles. The average molecular weight is 267 g/mol. The molecule has 1 heterocycles. The minimum absolute atomic E-state index is 0.0360. The van der Waals surface area contributed by atoms with Crippen molar-refractivity contribution in [3.05, 3.63) is 22.4 Å². The first-order chi connectivity index (χ1) is 8.72. The number of guanidine groups is 2. The Labute approximate surface area is 112 Å². The first kappa shape index (κ1) is 14.5. The molecular formula is C12H21N5S. The normalized spacial score (nSPS) is 11.3. The fraction of sp³-hybridized carbons (Fsp3) is 0.500. The quantitative estimate of drug-likeness (QED) is 0.412. The van der Waals surface area contributed by atoms with Crippen LogP contribution in [0, 0.1) is 0 Å². The van der Waals surface area contributed by atoms with E-state index in [1.165, 1.54) is 4.88 Å². The van der Waals surface area contributed by atoms with Crippen LogP contribution in [0.2, 0.25) is 0 Å². The summed E-state index contributed by atoms with van der Waals surface area (Å²) in [6, 6.07) is 4.16. The fourth-order valence-corrected chi connectivity index (χ4v) is 2.06. The third-order valence-electron chi connectivity index (χ3n) is 2.24. The van der Waals surface area contributed by atoms with Gasteiger partial charge in [0, 0.05) is 18.0 Å². The van der Waals surface area contributed by atoms with Crippen molar-refractivity contribution in [2.24, 2.45) is 21.5 Å². The van der Waals surface area contributed by atoms with Crippen LogP contribution < -0.4 is 16.8 Å². The second-order valence-electron chi connectivity index (χ2n) is 3.85. The summed E-state index contributed by atoms with van der Waals surface area (Å²) in [4.78, 5) is 9.65. The summed E-state index contributed by atoms with van der Waals surface area (Å²) < 4.78 is 0. The molecule has 6 heteroatoms. The number of nitrogens with zero attached hydrogens (tertiary/aromatic N) is 2. The van der Waals surface area contributed by atoms with E-state index >= 15 is 0 Å². The van der Waals surface area contributed by atoms with Crippen LogP contribution in [0.25, 0.3) is 0 Å². The van der Waals surface area contributed by atoms with Crippen molar-refractivity contribution in [2.45, 2.75) is 26.2 Å². The zero-order valence-electron chi connectivity index (χ0n) is 10.7. The molecule has 18 heavy (non-hydrogen) atoms. The average Bonchev–Trinajstić information content (AvgIpc) is 2.81. The van der Waals surface area contributed by atoms with Gasteiger partial charge in [-0.05, 0) is 24.3 Å². The third-order valence-corrected chi connectivity index (χ3v) is 3.18. The fourth-order valence-electron chi connectivity index (χ4n) is 1.35. The molecule has 0 fully saturated rings. The summed E-state index contributed by atoms with van der Waals surface area (Å²) in [6.07, 6.45) is 3.09. The van der Waals surface area contributed by atoms with E-state index in [0.717, 1.165) is 32.4 Å². The Bertz CT molecular complexity index is 379. The van der Waals surface area contributed by atoms with Gasteiger partial charge in [-0.1, -0.05) is 19.4 Å². The first-order valence-corrected chi connectivity index (χ1v) is 7.00. The summed E-state index contributed by atoms with van der Waals surface area (Å²) in [5.74, 6) is 0.564. The van der Waals surface area contributed by atoms with Crippen molar-refractivity contribution in [3.8, 4) is 0 Å². The van der Waals surface area contributed by atoms with Gasteiger partial charge >= 0.3 is 0 Å². The number of nitrogens with two attached hydrogens (primary N) is 2. The Morgan fingerprint density at radius 3 is 2.89 bits per heavy atom. The Morgan fingerprint density at radius 2 is 2.28 bits per heavy atom. The van der Waals surface area contributed by atoms with Crippen molar-refractivity contribution >= 4 is 23.3 Å². The number of nitrogens with one attached hydrogen (secondary N) is 1. The van der Waals surface area contributed by atoms with Gasteiger partial charge in [-0.2, -0.15) is 4.99 Å². The van der Waals surface area contributed by atoms with Gasteiger partial charge in [0.05, 0.1) is 0 Å². The molecule has 0 aliphatic heterocycles. The number of hydrogen-bond donors (Lipinski definition) is 3. The maximum atomic E-state index is 5.37. The highest BCUT2D eigenvalue weighted by Gasteiger charge is 1.98. The van der Waals surface area contributed by atoms with Gasteiger partial charge in [-0.25, -0.2) is 0 Å². The third kappa shape index (κ3) is 6.24. The molecule has 0 aliphatic carbocycles. The van der Waals surface area contributed by atoms with E-state index in [2.05, 4.69) is 33.7 Å². The van der Waals surface area contributed by atoms with Crippen LogP contribution in [0.5, 0.6) is 0 Å². The highest BCUT2D eigenvalue weighted by Crippen LogP contribution is 2.08. The van der Waals surface area contributed by atoms with E-state index in [-0.39, 0.29) is 5.96 Å². The maximum absolute atomic E-state index is 5.37. The number of rotatable bonds is 6. The monoisotopic (exact) mass is 267 g/mol. The Balaban J connectivity index is 2.40. The smallest absolute Gasteiger partial charge is 0.221 e. The van der Waals surface area contributed by atoms with Gasteiger partial charge in [-0.3, -0.25) is 4.99 Å². The molecule has 100 valence electrons. The zero-order valence-corrected chi connectivity index (χ0v) is 11.5. The van der Waals surface area contributed by atoms with E-state index in [1.54, 1.807) is 11.3 Å². The summed E-state index contributed by atoms with van der Waals surface area (Å²) >= 11 is 1.74. The molecule has 0 amide bonds. The predicted octanol–water partition coefficient (Wildman–Crippen LogP) is 1.31. The summed E-state index contributed by atoms with van der Waals surface area (Å²) in [5.41, 5.74) is 10.7. The Hall–Kier alpha value is -1.56. The summed E-state index contributed by atoms with van der Waals surface area (Å²) in [6.45, 7) is 3.65. The lowest BCUT2D eigenvalue weighted by molar-refractivity contribution is 0.792. The largest absolute Gasteiger partial charge is 0.370 e. The van der Waals surface area contributed by atoms with E-state index in [1.807, 2.05) is 6.07 Å². The second-order valence-corrected chi connectivity index (χ2v) is 4.88. The van der Waals surface area contributed by atoms with Gasteiger partial charge in [-0.15, -0.1) is 11.3 Å². The maximum Gasteiger partial charge on any atom is 0.221 e. The van der Waals surface area contributed by atoms with Crippen molar-refractivity contribution < 1.29 is 0 Å². The van der Waals surface area contributed by atoms with Gasteiger partial charge < -0.3 is 16.8 Å². The highest BCUT2D eigenvalue weighted by molar-refractivity contribution is 7.09. The molecule has 0 aromatic carbocycles. The van der Waals surface area contributed by atoms with Crippen molar-refractivity contribution in [2.75, 3.05) is 13.1 Å². The lowest BCUT2D eigenvalue weighted by Gasteiger charge is -2.05. The topological polar surface area (TPSA) is 88.8 Å². The van der Waals surface area contributed by atoms with Gasteiger partial charge in [0.15, 0.2) is 5.96 Å². The van der Waals surface area contributed by atoms with Crippen LogP contribution in [0.1, 0.15) is 24.6 Å². The molecule has 1 aromatic rings. The molecule has 0 radical (unpaired) electrons. The van der Waals surface area contributed by atoms with Crippen LogP contribution >= 0.6 is 11.3 Å². The second kappa shape index (κ2) is 8.52. The van der Waals surface area contributed by atoms with Gasteiger partial charge in [0.2, 0.25) is 5.96 Å². The number of hydrogen-bond acceptors (Lipinski definition) is 2. The number of thiophene rings is 1. The van der Waals surface area contributed by atoms with Crippen LogP contribution in [-0.2, 0) is 6.42 Å². The Kier molecular flexibility index (Phi) is 6.86. The summed E-state index contributed by atoms with van der Waals surface area (Å²) in [7, 11) is 0. The number of unbranched alkanes of at least 4 members (excludes halogenated alkanes) is 1. The first-order valence-electron chi connectivity index (χ1n) is 6.12. The molecule has 1 aromatic heterocycles. The molecular weight excluding hydrogens is 246 g/mol. The van der Waals surface area contributed by atoms with Crippen LogP contribution in [0.3, 0.4) is 0 Å². The molecule has 0 aliphatic rings. The van der Waals surface area contributed by atoms with Crippen LogP contribution in [0.4, 0.5) is 0 Å². The van der Waals surface area contributed by atoms with E-state index in [9.17, 15) is 0 Å². The molecule has 0 bridgehead atoms. The zero-order chi connectivity index (χ0) is 13.2. The lowest BCUT2D eigenvalue weighted by Crippen LogP contribution is -2.31. The van der Waals surface area contributed by atoms with Crippen molar-refractivity contribution in [3.63, 3.8) is 0 Å². The van der Waals surface area contributed by atoms with Gasteiger partial charge in [0.25, 0.3) is 0 Å². The number of aliphatic imine (C=N–C) groups is 2. The minimum Gasteiger partial charge on any atom is -0.370 e. The van der Waals surface area contributed by atoms with Crippen molar-refractivity contribution in [1.29, 1.82) is 0 Å². The molecule has 0 atom stereocenters. The molecule has 0 spiro atoms. The van der Waals surface area contributed by atoms with E-state index in [4.69, 9.17) is 11.5 Å². The van der Waals surface area contributed by atoms with Gasteiger partial charge in [0.1, 0.15) is 0 Å². The summed E-state index contributed by atoms with van der Waals surface area (Å²) in [5, 5.41) is 5.23. The molecule has 5 N–H and O–H groups in total. The SMILES string of the molecule is CCCCN=C(N=C(N)N)NCCc1cccs1. The highest BCUT2D eigenvalue weighted by atomic mass is 32.1. The van der Waals surface area contributed by atoms with E-state index < -0.39 is 0 Å². The Morgan fingerprint density at radius 1 is 1.44 bits per heavy atom. The van der Waals surface area contributed by atoms with Crippen LogP contribution in [0.15, 0.2) is 27.5 Å². The predicted molar refractivity (Wildman–Crippen MR) is 79.0 cm³/mol. The molecule has 1 rings (SSSR count).